The third-order valence-electron chi connectivity index (χ3n) is 5.32. The summed E-state index contributed by atoms with van der Waals surface area (Å²) in [5.74, 6) is 0.0801. The molecule has 0 aliphatic rings. The fraction of sp³-hybridized carbons (Fsp3) is 0.174. The smallest absolute Gasteiger partial charge is 0.232 e. The van der Waals surface area contributed by atoms with Crippen LogP contribution in [0.15, 0.2) is 61.2 Å². The maximum atomic E-state index is 12.1. The van der Waals surface area contributed by atoms with Gasteiger partial charge in [0.2, 0.25) is 10.0 Å². The number of sulfonamides is 1. The summed E-state index contributed by atoms with van der Waals surface area (Å²) in [6, 6.07) is 13.3. The Balaban J connectivity index is 1.55. The highest BCUT2D eigenvalue weighted by atomic mass is 32.2. The standard InChI is InChI=1S/C23H22N6O2S/c1-3-9-32(30,31)28-17-6-4-5-16(10-17)20-13-25-23-22(27-20)18(12-24-23)15-7-8-19-21(11-15)29(2)14-26-19/h4-8,10-14,28H,3,9H2,1-2H3,(H,24,25). The van der Waals surface area contributed by atoms with Gasteiger partial charge in [-0.2, -0.15) is 0 Å². The molecule has 162 valence electrons. The molecule has 9 heteroatoms. The van der Waals surface area contributed by atoms with Crippen LogP contribution < -0.4 is 4.72 Å². The first kappa shape index (κ1) is 20.2. The van der Waals surface area contributed by atoms with Crippen molar-refractivity contribution in [3.05, 3.63) is 61.2 Å². The number of aromatic amines is 1. The van der Waals surface area contributed by atoms with Crippen molar-refractivity contribution in [1.82, 2.24) is 24.5 Å². The van der Waals surface area contributed by atoms with Crippen molar-refractivity contribution in [1.29, 1.82) is 0 Å². The summed E-state index contributed by atoms with van der Waals surface area (Å²) in [7, 11) is -1.40. The Morgan fingerprint density at radius 3 is 2.81 bits per heavy atom. The highest BCUT2D eigenvalue weighted by Gasteiger charge is 2.14. The molecule has 3 aromatic heterocycles. The van der Waals surface area contributed by atoms with Gasteiger partial charge in [-0.1, -0.05) is 25.1 Å². The number of nitrogens with one attached hydrogen (secondary N) is 2. The third-order valence-corrected chi connectivity index (χ3v) is 6.81. The van der Waals surface area contributed by atoms with Crippen molar-refractivity contribution in [2.75, 3.05) is 10.5 Å². The van der Waals surface area contributed by atoms with Crippen LogP contribution in [0.1, 0.15) is 13.3 Å². The zero-order chi connectivity index (χ0) is 22.3. The van der Waals surface area contributed by atoms with E-state index in [1.807, 2.05) is 42.9 Å². The molecule has 0 atom stereocenters. The number of rotatable bonds is 6. The van der Waals surface area contributed by atoms with E-state index in [9.17, 15) is 8.42 Å². The molecule has 0 fully saturated rings. The minimum absolute atomic E-state index is 0.0801. The molecule has 3 heterocycles. The Labute approximate surface area is 185 Å². The Hall–Kier alpha value is -3.72. The summed E-state index contributed by atoms with van der Waals surface area (Å²) in [4.78, 5) is 17.0. The lowest BCUT2D eigenvalue weighted by Gasteiger charge is -2.09. The SMILES string of the molecule is CCCS(=O)(=O)Nc1cccc(-c2cnc3[nH]cc(-c4ccc5ncn(C)c5c4)c3n2)c1. The van der Waals surface area contributed by atoms with Gasteiger partial charge in [-0.15, -0.1) is 0 Å². The van der Waals surface area contributed by atoms with Gasteiger partial charge in [0.25, 0.3) is 0 Å². The van der Waals surface area contributed by atoms with Crippen LogP contribution in [0, 0.1) is 0 Å². The summed E-state index contributed by atoms with van der Waals surface area (Å²) in [5.41, 5.74) is 7.32. The number of fused-ring (bicyclic) bond motifs is 2. The Bertz CT molecular complexity index is 1550. The van der Waals surface area contributed by atoms with Crippen LogP contribution >= 0.6 is 0 Å². The quantitative estimate of drug-likeness (QED) is 0.404. The molecule has 5 aromatic rings. The van der Waals surface area contributed by atoms with Gasteiger partial charge in [0.15, 0.2) is 5.65 Å². The number of imidazole rings is 1. The molecule has 0 saturated heterocycles. The number of nitrogens with zero attached hydrogens (tertiary/aromatic N) is 4. The number of anilines is 1. The molecule has 0 unspecified atom stereocenters. The predicted octanol–water partition coefficient (Wildman–Crippen LogP) is 4.33. The molecule has 0 aliphatic heterocycles. The fourth-order valence-electron chi connectivity index (χ4n) is 3.79. The van der Waals surface area contributed by atoms with Gasteiger partial charge in [-0.25, -0.2) is 23.4 Å². The van der Waals surface area contributed by atoms with Crippen molar-refractivity contribution in [2.45, 2.75) is 13.3 Å². The van der Waals surface area contributed by atoms with Crippen LogP contribution in [0.4, 0.5) is 5.69 Å². The lowest BCUT2D eigenvalue weighted by atomic mass is 10.1. The summed E-state index contributed by atoms with van der Waals surface area (Å²) >= 11 is 0. The van der Waals surface area contributed by atoms with Crippen molar-refractivity contribution < 1.29 is 8.42 Å². The molecule has 0 spiro atoms. The Morgan fingerprint density at radius 1 is 1.09 bits per heavy atom. The summed E-state index contributed by atoms with van der Waals surface area (Å²) < 4.78 is 28.9. The molecule has 5 rings (SSSR count). The number of benzene rings is 2. The molecule has 0 saturated carbocycles. The highest BCUT2D eigenvalue weighted by molar-refractivity contribution is 7.92. The van der Waals surface area contributed by atoms with Crippen LogP contribution in [0.2, 0.25) is 0 Å². The third kappa shape index (κ3) is 3.71. The molecule has 0 amide bonds. The second kappa shape index (κ2) is 7.76. The topological polar surface area (TPSA) is 106 Å². The first-order chi connectivity index (χ1) is 15.4. The van der Waals surface area contributed by atoms with E-state index >= 15 is 0 Å². The van der Waals surface area contributed by atoms with Gasteiger partial charge in [-0.3, -0.25) is 4.72 Å². The second-order valence-electron chi connectivity index (χ2n) is 7.72. The summed E-state index contributed by atoms with van der Waals surface area (Å²) in [6.07, 6.45) is 5.94. The maximum Gasteiger partial charge on any atom is 0.232 e. The highest BCUT2D eigenvalue weighted by Crippen LogP contribution is 2.31. The van der Waals surface area contributed by atoms with Crippen molar-refractivity contribution in [2.24, 2.45) is 7.05 Å². The van der Waals surface area contributed by atoms with Crippen LogP contribution in [-0.4, -0.2) is 38.7 Å². The number of H-pyrrole nitrogens is 1. The van der Waals surface area contributed by atoms with Gasteiger partial charge in [-0.05, 0) is 36.2 Å². The van der Waals surface area contributed by atoms with Gasteiger partial charge in [0, 0.05) is 30.1 Å². The number of aryl methyl sites for hydroxylation is 1. The molecular formula is C23H22N6O2S. The minimum Gasteiger partial charge on any atom is -0.344 e. The lowest BCUT2D eigenvalue weighted by Crippen LogP contribution is -2.16. The Kier molecular flexibility index (Phi) is 4.90. The van der Waals surface area contributed by atoms with E-state index in [4.69, 9.17) is 4.98 Å². The first-order valence-electron chi connectivity index (χ1n) is 10.3. The molecule has 2 aromatic carbocycles. The number of hydrogen-bond acceptors (Lipinski definition) is 5. The molecule has 32 heavy (non-hydrogen) atoms. The van der Waals surface area contributed by atoms with Gasteiger partial charge in [0.1, 0.15) is 5.52 Å². The van der Waals surface area contributed by atoms with Gasteiger partial charge >= 0.3 is 0 Å². The Morgan fingerprint density at radius 2 is 1.97 bits per heavy atom. The zero-order valence-electron chi connectivity index (χ0n) is 17.7. The lowest BCUT2D eigenvalue weighted by molar-refractivity contribution is 0.600. The largest absolute Gasteiger partial charge is 0.344 e. The second-order valence-corrected chi connectivity index (χ2v) is 9.56. The van der Waals surface area contributed by atoms with E-state index in [1.54, 1.807) is 30.7 Å². The van der Waals surface area contributed by atoms with Crippen LogP contribution in [-0.2, 0) is 17.1 Å². The van der Waals surface area contributed by atoms with Crippen LogP contribution in [0.5, 0.6) is 0 Å². The van der Waals surface area contributed by atoms with Gasteiger partial charge in [0.05, 0.1) is 35.0 Å². The van der Waals surface area contributed by atoms with E-state index in [-0.39, 0.29) is 5.75 Å². The number of aromatic nitrogens is 5. The van der Waals surface area contributed by atoms with E-state index in [0.29, 0.717) is 23.4 Å². The average molecular weight is 447 g/mol. The normalized spacial score (nSPS) is 11.9. The molecule has 0 radical (unpaired) electrons. The average Bonchev–Trinajstić information content (AvgIpc) is 3.36. The van der Waals surface area contributed by atoms with Crippen molar-refractivity contribution in [3.8, 4) is 22.4 Å². The molecule has 2 N–H and O–H groups in total. The molecule has 0 bridgehead atoms. The maximum absolute atomic E-state index is 12.1. The van der Waals surface area contributed by atoms with E-state index in [2.05, 4.69) is 25.7 Å². The van der Waals surface area contributed by atoms with Gasteiger partial charge < -0.3 is 9.55 Å². The van der Waals surface area contributed by atoms with Crippen LogP contribution in [0.3, 0.4) is 0 Å². The predicted molar refractivity (Wildman–Crippen MR) is 127 cm³/mol. The molecule has 0 aliphatic carbocycles. The molecular weight excluding hydrogens is 424 g/mol. The van der Waals surface area contributed by atoms with Crippen LogP contribution in [0.25, 0.3) is 44.6 Å². The van der Waals surface area contributed by atoms with Crippen molar-refractivity contribution >= 4 is 37.9 Å². The summed E-state index contributed by atoms with van der Waals surface area (Å²) in [6.45, 7) is 1.83. The fourth-order valence-corrected chi connectivity index (χ4v) is 4.91. The minimum atomic E-state index is -3.37. The first-order valence-corrected chi connectivity index (χ1v) is 12.0. The number of hydrogen-bond donors (Lipinski definition) is 2. The van der Waals surface area contributed by atoms with E-state index in [0.717, 1.165) is 33.2 Å². The monoisotopic (exact) mass is 446 g/mol. The molecule has 8 nitrogen and oxygen atoms in total. The van der Waals surface area contributed by atoms with E-state index < -0.39 is 10.0 Å². The van der Waals surface area contributed by atoms with E-state index in [1.165, 1.54) is 0 Å². The van der Waals surface area contributed by atoms with Crippen molar-refractivity contribution in [3.63, 3.8) is 0 Å². The zero-order valence-corrected chi connectivity index (χ0v) is 18.5. The summed E-state index contributed by atoms with van der Waals surface area (Å²) in [5, 5.41) is 0.